The molecule has 0 aromatic carbocycles. The molecule has 2 heterocycles. The zero-order chi connectivity index (χ0) is 15.2. The van der Waals surface area contributed by atoms with Gasteiger partial charge in [-0.1, -0.05) is 0 Å². The van der Waals surface area contributed by atoms with E-state index in [4.69, 9.17) is 10.5 Å². The van der Waals surface area contributed by atoms with Gasteiger partial charge in [-0.25, -0.2) is 0 Å². The molecular weight excluding hydrogens is 270 g/mol. The van der Waals surface area contributed by atoms with Crippen LogP contribution in [0.2, 0.25) is 0 Å². The fourth-order valence-corrected chi connectivity index (χ4v) is 3.37. The van der Waals surface area contributed by atoms with Gasteiger partial charge in [-0.2, -0.15) is 0 Å². The highest BCUT2D eigenvalue weighted by Gasteiger charge is 2.32. The minimum absolute atomic E-state index is 0.0427. The lowest BCUT2D eigenvalue weighted by Gasteiger charge is -2.42. The second kappa shape index (κ2) is 7.75. The second-order valence-corrected chi connectivity index (χ2v) is 5.90. The number of rotatable bonds is 4. The van der Waals surface area contributed by atoms with Gasteiger partial charge >= 0.3 is 5.97 Å². The van der Waals surface area contributed by atoms with Crippen LogP contribution >= 0.6 is 0 Å². The van der Waals surface area contributed by atoms with Crippen LogP contribution in [0.1, 0.15) is 32.6 Å². The van der Waals surface area contributed by atoms with Crippen molar-refractivity contribution in [1.29, 1.82) is 0 Å². The quantitative estimate of drug-likeness (QED) is 0.751. The molecule has 6 heteroatoms. The molecule has 2 aliphatic rings. The van der Waals surface area contributed by atoms with Crippen molar-refractivity contribution < 1.29 is 14.3 Å². The molecule has 6 nitrogen and oxygen atoms in total. The number of nitrogens with two attached hydrogens (primary N) is 1. The van der Waals surface area contributed by atoms with E-state index in [1.807, 2.05) is 11.8 Å². The molecule has 21 heavy (non-hydrogen) atoms. The molecule has 2 rings (SSSR count). The minimum atomic E-state index is -0.0549. The number of piperidine rings is 2. The Labute approximate surface area is 126 Å². The predicted molar refractivity (Wildman–Crippen MR) is 79.6 cm³/mol. The van der Waals surface area contributed by atoms with Crippen LogP contribution in [0.15, 0.2) is 0 Å². The van der Waals surface area contributed by atoms with E-state index in [0.29, 0.717) is 12.6 Å². The molecule has 2 saturated heterocycles. The lowest BCUT2D eigenvalue weighted by Crippen LogP contribution is -2.53. The van der Waals surface area contributed by atoms with Gasteiger partial charge in [0.1, 0.15) is 0 Å². The van der Waals surface area contributed by atoms with Gasteiger partial charge in [-0.05, 0) is 45.7 Å². The van der Waals surface area contributed by atoms with E-state index in [-0.39, 0.29) is 24.3 Å². The van der Waals surface area contributed by atoms with E-state index in [9.17, 15) is 9.59 Å². The molecule has 120 valence electrons. The average Bonchev–Trinajstić information content (AvgIpc) is 2.54. The first kappa shape index (κ1) is 16.2. The molecule has 1 unspecified atom stereocenters. The molecule has 2 N–H and O–H groups in total. The molecule has 1 amide bonds. The molecule has 0 aromatic rings. The smallest absolute Gasteiger partial charge is 0.309 e. The van der Waals surface area contributed by atoms with Gasteiger partial charge in [0.15, 0.2) is 0 Å². The number of carbonyl (C=O) groups excluding carboxylic acids is 2. The number of hydrogen-bond acceptors (Lipinski definition) is 5. The number of hydrogen-bond donors (Lipinski definition) is 1. The Hall–Kier alpha value is -1.14. The number of carbonyl (C=O) groups is 2. The highest BCUT2D eigenvalue weighted by atomic mass is 16.5. The maximum Gasteiger partial charge on any atom is 0.309 e. The summed E-state index contributed by atoms with van der Waals surface area (Å²) in [7, 11) is 0. The first-order valence-corrected chi connectivity index (χ1v) is 8.04. The molecule has 2 fully saturated rings. The second-order valence-electron chi connectivity index (χ2n) is 5.90. The molecule has 1 atom stereocenters. The fraction of sp³-hybridized carbons (Fsp3) is 0.867. The van der Waals surface area contributed by atoms with Crippen molar-refractivity contribution in [3.8, 4) is 0 Å². The topological polar surface area (TPSA) is 75.9 Å². The van der Waals surface area contributed by atoms with Gasteiger partial charge in [0.2, 0.25) is 5.91 Å². The van der Waals surface area contributed by atoms with Crippen LogP contribution in [-0.4, -0.2) is 67.0 Å². The van der Waals surface area contributed by atoms with E-state index in [1.54, 1.807) is 0 Å². The molecular formula is C15H27N3O3. The van der Waals surface area contributed by atoms with Crippen molar-refractivity contribution in [1.82, 2.24) is 9.80 Å². The van der Waals surface area contributed by atoms with Crippen LogP contribution in [0.3, 0.4) is 0 Å². The zero-order valence-electron chi connectivity index (χ0n) is 12.9. The third kappa shape index (κ3) is 4.17. The minimum Gasteiger partial charge on any atom is -0.466 e. The predicted octanol–water partition coefficient (Wildman–Crippen LogP) is 0.211. The van der Waals surface area contributed by atoms with Crippen LogP contribution in [0.5, 0.6) is 0 Å². The Kier molecular flexibility index (Phi) is 5.99. The van der Waals surface area contributed by atoms with Gasteiger partial charge in [0, 0.05) is 19.1 Å². The molecule has 0 saturated carbocycles. The van der Waals surface area contributed by atoms with Gasteiger partial charge in [0.05, 0.1) is 19.1 Å². The Morgan fingerprint density at radius 1 is 1.19 bits per heavy atom. The maximum atomic E-state index is 11.8. The third-order valence-electron chi connectivity index (χ3n) is 4.59. The highest BCUT2D eigenvalue weighted by molar-refractivity contribution is 5.78. The summed E-state index contributed by atoms with van der Waals surface area (Å²) < 4.78 is 5.10. The average molecular weight is 297 g/mol. The monoisotopic (exact) mass is 297 g/mol. The van der Waals surface area contributed by atoms with Crippen LogP contribution in [0.4, 0.5) is 0 Å². The van der Waals surface area contributed by atoms with Crippen molar-refractivity contribution in [2.24, 2.45) is 11.7 Å². The van der Waals surface area contributed by atoms with E-state index in [2.05, 4.69) is 4.90 Å². The van der Waals surface area contributed by atoms with Gasteiger partial charge in [0.25, 0.3) is 0 Å². The van der Waals surface area contributed by atoms with Crippen LogP contribution < -0.4 is 5.73 Å². The first-order valence-electron chi connectivity index (χ1n) is 8.04. The number of likely N-dealkylation sites (tertiary alicyclic amines) is 2. The summed E-state index contributed by atoms with van der Waals surface area (Å²) in [6, 6.07) is 0.414. The Morgan fingerprint density at radius 3 is 2.52 bits per heavy atom. The molecule has 0 bridgehead atoms. The van der Waals surface area contributed by atoms with Gasteiger partial charge in [-0.3, -0.25) is 14.5 Å². The normalized spacial score (nSPS) is 24.9. The summed E-state index contributed by atoms with van der Waals surface area (Å²) in [5.74, 6) is 0.0356. The maximum absolute atomic E-state index is 11.8. The zero-order valence-corrected chi connectivity index (χ0v) is 12.9. The van der Waals surface area contributed by atoms with Crippen molar-refractivity contribution in [3.05, 3.63) is 0 Å². The Bertz CT molecular complexity index is 367. The van der Waals surface area contributed by atoms with Crippen molar-refractivity contribution in [3.63, 3.8) is 0 Å². The summed E-state index contributed by atoms with van der Waals surface area (Å²) in [5, 5.41) is 0. The molecule has 0 radical (unpaired) electrons. The van der Waals surface area contributed by atoms with Crippen molar-refractivity contribution in [2.75, 3.05) is 39.3 Å². The van der Waals surface area contributed by atoms with Crippen LogP contribution in [-0.2, 0) is 14.3 Å². The first-order chi connectivity index (χ1) is 10.2. The van der Waals surface area contributed by atoms with Crippen molar-refractivity contribution in [2.45, 2.75) is 38.6 Å². The van der Waals surface area contributed by atoms with Crippen LogP contribution in [0, 0.1) is 5.92 Å². The standard InChI is InChI=1S/C15H27N3O3/c1-2-21-15(20)12-5-8-17(9-6-12)13-4-3-7-18(11-13)14(19)10-16/h12-13H,2-11,16H2,1H3. The summed E-state index contributed by atoms with van der Waals surface area (Å²) in [6.07, 6.45) is 3.88. The number of ether oxygens (including phenoxy) is 1. The molecule has 2 aliphatic heterocycles. The molecule has 0 aliphatic carbocycles. The van der Waals surface area contributed by atoms with E-state index in [0.717, 1.165) is 51.9 Å². The summed E-state index contributed by atoms with van der Waals surface area (Å²) >= 11 is 0. The largest absolute Gasteiger partial charge is 0.466 e. The lowest BCUT2D eigenvalue weighted by molar-refractivity contribution is -0.149. The molecule has 0 spiro atoms. The summed E-state index contributed by atoms with van der Waals surface area (Å²) in [4.78, 5) is 27.8. The summed E-state index contributed by atoms with van der Waals surface area (Å²) in [6.45, 7) is 5.83. The summed E-state index contributed by atoms with van der Waals surface area (Å²) in [5.41, 5.74) is 5.45. The number of nitrogens with zero attached hydrogens (tertiary/aromatic N) is 2. The third-order valence-corrected chi connectivity index (χ3v) is 4.59. The number of esters is 1. The Balaban J connectivity index is 1.81. The lowest BCUT2D eigenvalue weighted by atomic mass is 9.94. The van der Waals surface area contributed by atoms with Gasteiger partial charge < -0.3 is 15.4 Å². The van der Waals surface area contributed by atoms with E-state index >= 15 is 0 Å². The van der Waals surface area contributed by atoms with Crippen molar-refractivity contribution >= 4 is 11.9 Å². The van der Waals surface area contributed by atoms with Crippen LogP contribution in [0.25, 0.3) is 0 Å². The SMILES string of the molecule is CCOC(=O)C1CCN(C2CCCN(C(=O)CN)C2)CC1. The number of amides is 1. The van der Waals surface area contributed by atoms with Gasteiger partial charge in [-0.15, -0.1) is 0 Å². The molecule has 0 aromatic heterocycles. The highest BCUT2D eigenvalue weighted by Crippen LogP contribution is 2.24. The van der Waals surface area contributed by atoms with E-state index < -0.39 is 0 Å². The van der Waals surface area contributed by atoms with E-state index in [1.165, 1.54) is 0 Å². The fourth-order valence-electron chi connectivity index (χ4n) is 3.37. The Morgan fingerprint density at radius 2 is 1.90 bits per heavy atom.